The first-order chi connectivity index (χ1) is 6.29. The van der Waals surface area contributed by atoms with E-state index in [1.165, 1.54) is 19.4 Å². The van der Waals surface area contributed by atoms with E-state index in [-0.39, 0.29) is 0 Å². The molecule has 0 radical (unpaired) electrons. The summed E-state index contributed by atoms with van der Waals surface area (Å²) in [5, 5.41) is 7.03. The average Bonchev–Trinajstić information content (AvgIpc) is 2.13. The topological polar surface area (TPSA) is 33.3 Å². The lowest BCUT2D eigenvalue weighted by molar-refractivity contribution is -0.100. The van der Waals surface area contributed by atoms with Gasteiger partial charge in [0.15, 0.2) is 0 Å². The molecule has 2 fully saturated rings. The molecule has 3 nitrogen and oxygen atoms in total. The quantitative estimate of drug-likeness (QED) is 0.664. The molecule has 2 rings (SSSR count). The lowest BCUT2D eigenvalue weighted by atomic mass is 9.88. The summed E-state index contributed by atoms with van der Waals surface area (Å²) in [7, 11) is 0. The Bertz CT molecular complexity index is 162. The van der Waals surface area contributed by atoms with Crippen molar-refractivity contribution in [3.05, 3.63) is 0 Å². The van der Waals surface area contributed by atoms with E-state index in [0.29, 0.717) is 11.5 Å². The highest BCUT2D eigenvalue weighted by Crippen LogP contribution is 2.25. The van der Waals surface area contributed by atoms with Crippen molar-refractivity contribution < 1.29 is 4.74 Å². The number of hydrogen-bond acceptors (Lipinski definition) is 3. The zero-order chi connectivity index (χ0) is 9.15. The van der Waals surface area contributed by atoms with Gasteiger partial charge in [0.2, 0.25) is 0 Å². The Balaban J connectivity index is 1.66. The highest BCUT2D eigenvalue weighted by atomic mass is 16.5. The fourth-order valence-electron chi connectivity index (χ4n) is 1.97. The van der Waals surface area contributed by atoms with Crippen molar-refractivity contribution in [2.45, 2.75) is 25.8 Å². The molecular formula is C10H20N2O. The van der Waals surface area contributed by atoms with E-state index in [4.69, 9.17) is 4.74 Å². The van der Waals surface area contributed by atoms with Gasteiger partial charge in [0.25, 0.3) is 0 Å². The Morgan fingerprint density at radius 1 is 1.54 bits per heavy atom. The molecule has 0 amide bonds. The van der Waals surface area contributed by atoms with Crippen LogP contribution in [0.15, 0.2) is 0 Å². The van der Waals surface area contributed by atoms with Gasteiger partial charge in [-0.1, -0.05) is 6.92 Å². The minimum absolute atomic E-state index is 0.414. The molecule has 1 unspecified atom stereocenters. The molecule has 0 bridgehead atoms. The molecule has 0 aliphatic carbocycles. The Morgan fingerprint density at radius 3 is 2.92 bits per heavy atom. The minimum Gasteiger partial charge on any atom is -0.380 e. The van der Waals surface area contributed by atoms with Crippen molar-refractivity contribution in [3.8, 4) is 0 Å². The molecule has 0 aromatic carbocycles. The van der Waals surface area contributed by atoms with Crippen molar-refractivity contribution in [1.82, 2.24) is 10.6 Å². The molecular weight excluding hydrogens is 164 g/mol. The van der Waals surface area contributed by atoms with Crippen LogP contribution in [0.3, 0.4) is 0 Å². The first kappa shape index (κ1) is 9.44. The maximum Gasteiger partial charge on any atom is 0.0554 e. The maximum absolute atomic E-state index is 5.22. The molecule has 3 heteroatoms. The molecule has 2 saturated heterocycles. The Labute approximate surface area is 80.2 Å². The first-order valence-electron chi connectivity index (χ1n) is 5.30. The molecule has 1 atom stereocenters. The zero-order valence-electron chi connectivity index (χ0n) is 8.44. The van der Waals surface area contributed by atoms with E-state index >= 15 is 0 Å². The van der Waals surface area contributed by atoms with Crippen LogP contribution < -0.4 is 10.6 Å². The molecule has 0 aromatic rings. The molecule has 2 aliphatic rings. The van der Waals surface area contributed by atoms with Gasteiger partial charge in [0.05, 0.1) is 13.2 Å². The third-order valence-corrected chi connectivity index (χ3v) is 3.02. The van der Waals surface area contributed by atoms with E-state index in [9.17, 15) is 0 Å². The smallest absolute Gasteiger partial charge is 0.0554 e. The Hall–Kier alpha value is -0.120. The van der Waals surface area contributed by atoms with Gasteiger partial charge in [-0.25, -0.2) is 0 Å². The van der Waals surface area contributed by atoms with Gasteiger partial charge in [-0.2, -0.15) is 0 Å². The lowest BCUT2D eigenvalue weighted by Gasteiger charge is -2.39. The van der Waals surface area contributed by atoms with Gasteiger partial charge < -0.3 is 15.4 Å². The number of ether oxygens (including phenoxy) is 1. The monoisotopic (exact) mass is 184 g/mol. The molecule has 2 heterocycles. The maximum atomic E-state index is 5.22. The van der Waals surface area contributed by atoms with Gasteiger partial charge in [-0.3, -0.25) is 0 Å². The summed E-state index contributed by atoms with van der Waals surface area (Å²) in [4.78, 5) is 0. The Kier molecular flexibility index (Phi) is 2.86. The van der Waals surface area contributed by atoms with Crippen molar-refractivity contribution in [3.63, 3.8) is 0 Å². The van der Waals surface area contributed by atoms with Crippen LogP contribution in [-0.4, -0.2) is 38.9 Å². The van der Waals surface area contributed by atoms with Crippen molar-refractivity contribution in [1.29, 1.82) is 0 Å². The highest BCUT2D eigenvalue weighted by molar-refractivity contribution is 4.85. The number of rotatable bonds is 3. The summed E-state index contributed by atoms with van der Waals surface area (Å²) in [6.45, 7) is 7.59. The number of nitrogens with one attached hydrogen (secondary N) is 2. The zero-order valence-corrected chi connectivity index (χ0v) is 8.44. The van der Waals surface area contributed by atoms with Crippen LogP contribution in [0, 0.1) is 5.41 Å². The third kappa shape index (κ3) is 2.42. The molecule has 0 aromatic heterocycles. The van der Waals surface area contributed by atoms with Crippen LogP contribution in [0.4, 0.5) is 0 Å². The second kappa shape index (κ2) is 3.95. The normalized spacial score (nSPS) is 32.5. The summed E-state index contributed by atoms with van der Waals surface area (Å²) >= 11 is 0. The first-order valence-corrected chi connectivity index (χ1v) is 5.30. The van der Waals surface area contributed by atoms with Crippen LogP contribution in [0.1, 0.15) is 19.8 Å². The van der Waals surface area contributed by atoms with Crippen molar-refractivity contribution in [2.24, 2.45) is 5.41 Å². The molecule has 0 saturated carbocycles. The van der Waals surface area contributed by atoms with E-state index in [1.54, 1.807) is 0 Å². The van der Waals surface area contributed by atoms with E-state index in [1.807, 2.05) is 0 Å². The van der Waals surface area contributed by atoms with Gasteiger partial charge in [-0.15, -0.1) is 0 Å². The predicted octanol–water partition coefficient (Wildman–Crippen LogP) is 0.365. The van der Waals surface area contributed by atoms with Crippen molar-refractivity contribution in [2.75, 3.05) is 32.8 Å². The lowest BCUT2D eigenvalue weighted by Crippen LogP contribution is -2.52. The van der Waals surface area contributed by atoms with Gasteiger partial charge in [-0.05, 0) is 19.4 Å². The SMILES string of the molecule is CC1(CNC2CCCNC2)COC1. The predicted molar refractivity (Wildman–Crippen MR) is 52.8 cm³/mol. The van der Waals surface area contributed by atoms with Crippen LogP contribution in [0.25, 0.3) is 0 Å². The molecule has 2 N–H and O–H groups in total. The van der Waals surface area contributed by atoms with Crippen LogP contribution in [0.5, 0.6) is 0 Å². The fourth-order valence-corrected chi connectivity index (χ4v) is 1.97. The third-order valence-electron chi connectivity index (χ3n) is 3.02. The highest BCUT2D eigenvalue weighted by Gasteiger charge is 2.33. The molecule has 2 aliphatic heterocycles. The van der Waals surface area contributed by atoms with E-state index < -0.39 is 0 Å². The van der Waals surface area contributed by atoms with Crippen molar-refractivity contribution >= 4 is 0 Å². The van der Waals surface area contributed by atoms with Gasteiger partial charge in [0, 0.05) is 24.5 Å². The fraction of sp³-hybridized carbons (Fsp3) is 1.00. The molecule has 76 valence electrons. The van der Waals surface area contributed by atoms with E-state index in [2.05, 4.69) is 17.6 Å². The Morgan fingerprint density at radius 2 is 2.38 bits per heavy atom. The standard InChI is InChI=1S/C10H20N2O/c1-10(7-13-8-10)6-12-9-3-2-4-11-5-9/h9,11-12H,2-8H2,1H3. The van der Waals surface area contributed by atoms with Crippen LogP contribution >= 0.6 is 0 Å². The summed E-state index contributed by atoms with van der Waals surface area (Å²) in [5.41, 5.74) is 0.414. The van der Waals surface area contributed by atoms with Gasteiger partial charge >= 0.3 is 0 Å². The van der Waals surface area contributed by atoms with Crippen LogP contribution in [0.2, 0.25) is 0 Å². The second-order valence-electron chi connectivity index (χ2n) is 4.73. The summed E-state index contributed by atoms with van der Waals surface area (Å²) in [6.07, 6.45) is 2.63. The summed E-state index contributed by atoms with van der Waals surface area (Å²) in [5.74, 6) is 0. The largest absolute Gasteiger partial charge is 0.380 e. The molecule has 0 spiro atoms. The summed E-state index contributed by atoms with van der Waals surface area (Å²) < 4.78 is 5.22. The summed E-state index contributed by atoms with van der Waals surface area (Å²) in [6, 6.07) is 0.686. The van der Waals surface area contributed by atoms with Crippen LogP contribution in [-0.2, 0) is 4.74 Å². The number of piperidine rings is 1. The number of hydrogen-bond donors (Lipinski definition) is 2. The van der Waals surface area contributed by atoms with Gasteiger partial charge in [0.1, 0.15) is 0 Å². The minimum atomic E-state index is 0.414. The molecule has 13 heavy (non-hydrogen) atoms. The van der Waals surface area contributed by atoms with E-state index in [0.717, 1.165) is 26.3 Å². The average molecular weight is 184 g/mol. The second-order valence-corrected chi connectivity index (χ2v) is 4.73.